The minimum Gasteiger partial charge on any atom is -0.307 e. The molecule has 10 rings (SSSR count). The summed E-state index contributed by atoms with van der Waals surface area (Å²) in [6.45, 7) is 0. The van der Waals surface area contributed by atoms with Crippen LogP contribution in [0, 0.1) is 0 Å². The number of imidazole rings is 3. The van der Waals surface area contributed by atoms with Gasteiger partial charge in [0.25, 0.3) is 0 Å². The lowest BCUT2D eigenvalue weighted by molar-refractivity contribution is 0.941. The second-order valence-electron chi connectivity index (χ2n) is 9.40. The fraction of sp³-hybridized carbons (Fsp3) is 0. The van der Waals surface area contributed by atoms with Crippen molar-refractivity contribution in [2.24, 2.45) is 0 Å². The molecule has 0 spiro atoms. The Morgan fingerprint density at radius 1 is 0.378 bits per heavy atom. The quantitative estimate of drug-likeness (QED) is 0.212. The molecule has 0 aromatic carbocycles. The van der Waals surface area contributed by atoms with Crippen LogP contribution in [0.3, 0.4) is 0 Å². The summed E-state index contributed by atoms with van der Waals surface area (Å²) in [5.74, 6) is 0. The predicted molar refractivity (Wildman–Crippen MR) is 174 cm³/mol. The van der Waals surface area contributed by atoms with E-state index >= 15 is 0 Å². The van der Waals surface area contributed by atoms with E-state index in [0.717, 1.165) is 27.8 Å². The molecule has 11 heteroatoms. The lowest BCUT2D eigenvalue weighted by Gasteiger charge is -1.87. The van der Waals surface area contributed by atoms with Crippen molar-refractivity contribution in [3.63, 3.8) is 0 Å². The molecule has 45 heavy (non-hydrogen) atoms. The Kier molecular flexibility index (Phi) is 9.19. The average Bonchev–Trinajstić information content (AvgIpc) is 3.95. The van der Waals surface area contributed by atoms with Gasteiger partial charge in [0.15, 0.2) is 0 Å². The highest BCUT2D eigenvalue weighted by atomic mass is 15.2. The van der Waals surface area contributed by atoms with Crippen LogP contribution >= 0.6 is 0 Å². The van der Waals surface area contributed by atoms with Crippen LogP contribution in [0.1, 0.15) is 0 Å². The highest BCUT2D eigenvalue weighted by Gasteiger charge is 1.88. The molecule has 0 aliphatic rings. The second kappa shape index (κ2) is 14.5. The second-order valence-corrected chi connectivity index (χ2v) is 9.40. The average molecular weight is 592 g/mol. The molecule has 0 atom stereocenters. The van der Waals surface area contributed by atoms with Gasteiger partial charge in [-0.25, -0.2) is 29.0 Å². The molecule has 0 aliphatic carbocycles. The molecule has 220 valence electrons. The van der Waals surface area contributed by atoms with Gasteiger partial charge in [0.2, 0.25) is 0 Å². The van der Waals surface area contributed by atoms with Gasteiger partial charge in [-0.1, -0.05) is 18.2 Å². The van der Waals surface area contributed by atoms with Crippen LogP contribution in [-0.2, 0) is 0 Å². The first-order valence-electron chi connectivity index (χ1n) is 14.1. The van der Waals surface area contributed by atoms with Gasteiger partial charge in [0.05, 0.1) is 29.1 Å². The van der Waals surface area contributed by atoms with E-state index in [0.29, 0.717) is 0 Å². The third kappa shape index (κ3) is 7.62. The number of aromatic nitrogens is 11. The fourth-order valence-corrected chi connectivity index (χ4v) is 4.24. The first-order valence-corrected chi connectivity index (χ1v) is 14.1. The van der Waals surface area contributed by atoms with E-state index in [2.05, 4.69) is 30.1 Å². The van der Waals surface area contributed by atoms with Crippen LogP contribution in [0.15, 0.2) is 178 Å². The summed E-state index contributed by atoms with van der Waals surface area (Å²) in [6.07, 6.45) is 25.8. The monoisotopic (exact) mass is 591 g/mol. The first-order chi connectivity index (χ1) is 22.3. The molecule has 0 aliphatic heterocycles. The number of rotatable bonds is 0. The zero-order valence-corrected chi connectivity index (χ0v) is 24.2. The standard InChI is InChI=1S/4C7H6N2.C6H5N3/c1-3-7-4-2-6-9(7)8-5-1;1-2-6-9-7(3-1)4-5-8-9;1-2-5-9-6-4-8-7(9)3-1;1-2-4-9-6-8-5-7(9)3-1;1-2-7-5-9-4-3-8-6(1)9/h4*1-6H;1-5H. The van der Waals surface area contributed by atoms with Crippen molar-refractivity contribution in [2.45, 2.75) is 0 Å². The molecule has 11 nitrogen and oxygen atoms in total. The lowest BCUT2D eigenvalue weighted by atomic mass is 10.4. The Hall–Kier alpha value is -6.62. The maximum Gasteiger partial charge on any atom is 0.139 e. The van der Waals surface area contributed by atoms with Crippen molar-refractivity contribution in [3.8, 4) is 0 Å². The van der Waals surface area contributed by atoms with Gasteiger partial charge in [-0.3, -0.25) is 4.40 Å². The summed E-state index contributed by atoms with van der Waals surface area (Å²) in [4.78, 5) is 16.0. The minimum absolute atomic E-state index is 0.935. The first kappa shape index (κ1) is 28.5. The van der Waals surface area contributed by atoms with Crippen molar-refractivity contribution < 1.29 is 0 Å². The highest BCUT2D eigenvalue weighted by molar-refractivity contribution is 5.45. The van der Waals surface area contributed by atoms with E-state index < -0.39 is 0 Å². The van der Waals surface area contributed by atoms with E-state index in [9.17, 15) is 0 Å². The SMILES string of the molecule is c1cc2nccn2cn1.c1ccn2ccnc2c1.c1ccn2cncc2c1.c1ccn2nccc2c1.c1cnn2cccc2c1. The van der Waals surface area contributed by atoms with E-state index in [4.69, 9.17) is 0 Å². The van der Waals surface area contributed by atoms with E-state index in [1.165, 1.54) is 0 Å². The van der Waals surface area contributed by atoms with E-state index in [-0.39, 0.29) is 0 Å². The van der Waals surface area contributed by atoms with Crippen molar-refractivity contribution in [2.75, 3.05) is 0 Å². The smallest absolute Gasteiger partial charge is 0.139 e. The molecule has 10 heterocycles. The Morgan fingerprint density at radius 2 is 1.00 bits per heavy atom. The van der Waals surface area contributed by atoms with Crippen LogP contribution in [0.4, 0.5) is 0 Å². The molecule has 0 bridgehead atoms. The van der Waals surface area contributed by atoms with Crippen LogP contribution in [0.25, 0.3) is 27.8 Å². The normalized spacial score (nSPS) is 10.2. The van der Waals surface area contributed by atoms with Crippen molar-refractivity contribution in [1.29, 1.82) is 0 Å². The molecule has 0 saturated carbocycles. The van der Waals surface area contributed by atoms with Crippen LogP contribution in [0.2, 0.25) is 0 Å². The number of fused-ring (bicyclic) bond motifs is 5. The predicted octanol–water partition coefficient (Wildman–Crippen LogP) is 6.07. The van der Waals surface area contributed by atoms with Gasteiger partial charge in [0.1, 0.15) is 17.6 Å². The number of hydrogen-bond donors (Lipinski definition) is 0. The van der Waals surface area contributed by atoms with Gasteiger partial charge in [-0.2, -0.15) is 10.2 Å². The molecule has 0 N–H and O–H groups in total. The Labute approximate surface area is 258 Å². The van der Waals surface area contributed by atoms with Crippen molar-refractivity contribution in [3.05, 3.63) is 178 Å². The fourth-order valence-electron chi connectivity index (χ4n) is 4.24. The maximum absolute atomic E-state index is 4.08. The largest absolute Gasteiger partial charge is 0.307 e. The van der Waals surface area contributed by atoms with Gasteiger partial charge in [-0.05, 0) is 72.8 Å². The summed E-state index contributed by atoms with van der Waals surface area (Å²) in [7, 11) is 0. The summed E-state index contributed by atoms with van der Waals surface area (Å²) in [6, 6.07) is 29.7. The Bertz CT molecular complexity index is 1790. The zero-order chi connectivity index (χ0) is 30.5. The summed E-state index contributed by atoms with van der Waals surface area (Å²) >= 11 is 0. The Balaban J connectivity index is 0.0000000992. The van der Waals surface area contributed by atoms with Crippen molar-refractivity contribution >= 4 is 27.8 Å². The molecular formula is C34H29N11. The van der Waals surface area contributed by atoms with Crippen LogP contribution < -0.4 is 0 Å². The van der Waals surface area contributed by atoms with Crippen molar-refractivity contribution in [1.82, 2.24) is 52.4 Å². The molecule has 0 unspecified atom stereocenters. The number of nitrogens with zero attached hydrogens (tertiary/aromatic N) is 11. The molecule has 10 aromatic rings. The molecule has 0 fully saturated rings. The molecule has 0 amide bonds. The van der Waals surface area contributed by atoms with E-state index in [1.807, 2.05) is 157 Å². The molecule has 0 saturated heterocycles. The maximum atomic E-state index is 4.08. The molecular weight excluding hydrogens is 562 g/mol. The number of pyridine rings is 3. The summed E-state index contributed by atoms with van der Waals surface area (Å²) in [5, 5.41) is 8.09. The minimum atomic E-state index is 0.935. The van der Waals surface area contributed by atoms with Gasteiger partial charge in [0, 0.05) is 68.2 Å². The zero-order valence-electron chi connectivity index (χ0n) is 24.2. The molecule has 0 radical (unpaired) electrons. The number of hydrogen-bond acceptors (Lipinski definition) is 6. The summed E-state index contributed by atoms with van der Waals surface area (Å²) in [5.41, 5.74) is 5.34. The van der Waals surface area contributed by atoms with Crippen LogP contribution in [0.5, 0.6) is 0 Å². The van der Waals surface area contributed by atoms with Crippen LogP contribution in [-0.4, -0.2) is 52.4 Å². The third-order valence-corrected chi connectivity index (χ3v) is 6.43. The van der Waals surface area contributed by atoms with Gasteiger partial charge >= 0.3 is 0 Å². The lowest BCUT2D eigenvalue weighted by Crippen LogP contribution is -1.84. The van der Waals surface area contributed by atoms with E-state index in [1.54, 1.807) is 43.6 Å². The highest BCUT2D eigenvalue weighted by Crippen LogP contribution is 2.00. The third-order valence-electron chi connectivity index (χ3n) is 6.43. The topological polar surface area (TPSA) is 99.4 Å². The molecule has 10 aromatic heterocycles. The Morgan fingerprint density at radius 3 is 1.80 bits per heavy atom. The van der Waals surface area contributed by atoms with Gasteiger partial charge < -0.3 is 8.80 Å². The summed E-state index contributed by atoms with van der Waals surface area (Å²) < 4.78 is 9.47. The van der Waals surface area contributed by atoms with Gasteiger partial charge in [-0.15, -0.1) is 0 Å².